The molecule has 1 N–H and O–H groups in total. The van der Waals surface area contributed by atoms with Crippen LogP contribution in [0.3, 0.4) is 0 Å². The van der Waals surface area contributed by atoms with E-state index in [2.05, 4.69) is 0 Å². The molecule has 28 heavy (non-hydrogen) atoms. The average Bonchev–Trinajstić information content (AvgIpc) is 2.56. The van der Waals surface area contributed by atoms with E-state index in [1.807, 2.05) is 20.8 Å². The molecule has 0 bridgehead atoms. The monoisotopic (exact) mass is 446 g/mol. The molecule has 10 nitrogen and oxygen atoms in total. The van der Waals surface area contributed by atoms with E-state index in [0.717, 1.165) is 24.3 Å². The third-order valence-electron chi connectivity index (χ3n) is 3.25. The van der Waals surface area contributed by atoms with Crippen molar-refractivity contribution in [3.8, 4) is 5.75 Å². The first-order valence-electron chi connectivity index (χ1n) is 7.37. The summed E-state index contributed by atoms with van der Waals surface area (Å²) in [7, 11) is -11.7. The molecular weight excluding hydrogens is 428 g/mol. The SMILES string of the molecule is COC(Oc1ccc(C(=O)N([O-])S(=O)(=O)C(F)(F)S(=O)(=O)O)cc1)C(C)(C)C. The van der Waals surface area contributed by atoms with Crippen molar-refractivity contribution < 1.29 is 44.4 Å². The van der Waals surface area contributed by atoms with Crippen LogP contribution >= 0.6 is 0 Å². The molecule has 160 valence electrons. The van der Waals surface area contributed by atoms with E-state index in [9.17, 15) is 35.6 Å². The quantitative estimate of drug-likeness (QED) is 0.375. The minimum atomic E-state index is -6.59. The highest BCUT2D eigenvalue weighted by atomic mass is 32.3. The average molecular weight is 446 g/mol. The molecule has 0 radical (unpaired) electrons. The maximum absolute atomic E-state index is 13.3. The van der Waals surface area contributed by atoms with E-state index in [4.69, 9.17) is 14.0 Å². The Kier molecular flexibility index (Phi) is 6.79. The Balaban J connectivity index is 3.11. The van der Waals surface area contributed by atoms with Crippen LogP contribution in [0.25, 0.3) is 0 Å². The minimum absolute atomic E-state index is 0.155. The topological polar surface area (TPSA) is 150 Å². The zero-order valence-electron chi connectivity index (χ0n) is 15.1. The van der Waals surface area contributed by atoms with E-state index in [1.54, 1.807) is 0 Å². The Labute approximate surface area is 160 Å². The number of halogens is 2. The third kappa shape index (κ3) is 4.75. The molecule has 1 aromatic rings. The molecular formula is C14H18F2NO9S2-. The van der Waals surface area contributed by atoms with Crippen LogP contribution in [-0.2, 0) is 24.9 Å². The molecule has 1 rings (SSSR count). The maximum atomic E-state index is 13.3. The Hall–Kier alpha value is -1.87. The number of hydrogen-bond acceptors (Lipinski definition) is 8. The molecule has 0 saturated carbocycles. The van der Waals surface area contributed by atoms with Gasteiger partial charge in [-0.15, -0.1) is 0 Å². The summed E-state index contributed by atoms with van der Waals surface area (Å²) >= 11 is 0. The number of rotatable bonds is 7. The number of carbonyl (C=O) groups excluding carboxylic acids is 1. The molecule has 1 aromatic carbocycles. The second-order valence-corrected chi connectivity index (χ2v) is 10.1. The van der Waals surface area contributed by atoms with Crippen molar-refractivity contribution in [3.63, 3.8) is 0 Å². The number of nitrogens with zero attached hydrogens (tertiary/aromatic N) is 1. The van der Waals surface area contributed by atoms with Crippen molar-refractivity contribution in [3.05, 3.63) is 35.0 Å². The van der Waals surface area contributed by atoms with Crippen molar-refractivity contribution in [1.29, 1.82) is 0 Å². The maximum Gasteiger partial charge on any atom is 0.488 e. The van der Waals surface area contributed by atoms with Gasteiger partial charge in [0.1, 0.15) is 5.75 Å². The lowest BCUT2D eigenvalue weighted by atomic mass is 9.96. The molecule has 0 aromatic heterocycles. The molecule has 0 fully saturated rings. The summed E-state index contributed by atoms with van der Waals surface area (Å²) in [6.07, 6.45) is -0.709. The first-order chi connectivity index (χ1) is 12.5. The summed E-state index contributed by atoms with van der Waals surface area (Å²) in [5, 5.41) is 11.6. The predicted molar refractivity (Wildman–Crippen MR) is 92.3 cm³/mol. The van der Waals surface area contributed by atoms with Crippen LogP contribution in [0.2, 0.25) is 0 Å². The number of alkyl halides is 2. The van der Waals surface area contributed by atoms with Crippen LogP contribution < -0.4 is 4.74 Å². The highest BCUT2D eigenvalue weighted by molar-refractivity contribution is 8.06. The Morgan fingerprint density at radius 3 is 1.96 bits per heavy atom. The van der Waals surface area contributed by atoms with Crippen molar-refractivity contribution in [2.45, 2.75) is 31.6 Å². The Morgan fingerprint density at radius 1 is 1.14 bits per heavy atom. The number of carbonyl (C=O) groups is 1. The second kappa shape index (κ2) is 7.87. The van der Waals surface area contributed by atoms with Gasteiger partial charge in [0.05, 0.1) is 0 Å². The molecule has 1 atom stereocenters. The number of sulfonamides is 1. The van der Waals surface area contributed by atoms with Crippen molar-refractivity contribution in [2.24, 2.45) is 5.41 Å². The number of benzene rings is 1. The molecule has 0 aliphatic carbocycles. The molecule has 0 aliphatic rings. The van der Waals surface area contributed by atoms with E-state index < -0.39 is 52.4 Å². The molecule has 0 saturated heterocycles. The molecule has 1 unspecified atom stereocenters. The number of methoxy groups -OCH3 is 1. The lowest BCUT2D eigenvalue weighted by molar-refractivity contribution is -0.120. The van der Waals surface area contributed by atoms with Crippen molar-refractivity contribution >= 4 is 26.0 Å². The molecule has 1 amide bonds. The van der Waals surface area contributed by atoms with Crippen LogP contribution in [0.1, 0.15) is 31.1 Å². The van der Waals surface area contributed by atoms with Gasteiger partial charge in [-0.05, 0) is 24.3 Å². The van der Waals surface area contributed by atoms with Crippen LogP contribution in [0, 0.1) is 10.6 Å². The largest absolute Gasteiger partial charge is 0.742 e. The highest BCUT2D eigenvalue weighted by Crippen LogP contribution is 2.31. The summed E-state index contributed by atoms with van der Waals surface area (Å²) in [6.45, 7) is 5.44. The third-order valence-corrected chi connectivity index (χ3v) is 6.32. The minimum Gasteiger partial charge on any atom is -0.742 e. The highest BCUT2D eigenvalue weighted by Gasteiger charge is 2.59. The standard InChI is InChI=1S/C14H18F2NO9S2/c1-13(2,3)12(25-4)26-10-7-5-9(6-8-10)11(18)17(19)27(20,21)14(15,16)28(22,23)24/h5-8,12H,1-4H3,(H,22,23,24)/q-1. The molecule has 0 heterocycles. The van der Waals surface area contributed by atoms with Gasteiger partial charge >= 0.3 is 24.7 Å². The van der Waals surface area contributed by atoms with Crippen LogP contribution in [0.15, 0.2) is 24.3 Å². The van der Waals surface area contributed by atoms with Gasteiger partial charge in [-0.1, -0.05) is 20.8 Å². The zero-order chi connectivity index (χ0) is 22.1. The zero-order valence-corrected chi connectivity index (χ0v) is 16.8. The van der Waals surface area contributed by atoms with Crippen LogP contribution in [0.5, 0.6) is 5.75 Å². The fourth-order valence-corrected chi connectivity index (χ4v) is 3.61. The number of amides is 1. The molecule has 0 spiro atoms. The Morgan fingerprint density at radius 2 is 1.61 bits per heavy atom. The van der Waals surface area contributed by atoms with E-state index in [0.29, 0.717) is 0 Å². The lowest BCUT2D eigenvalue weighted by Gasteiger charge is -2.30. The normalized spacial score (nSPS) is 14.4. The van der Waals surface area contributed by atoms with Gasteiger partial charge in [-0.3, -0.25) is 13.8 Å². The summed E-state index contributed by atoms with van der Waals surface area (Å²) in [5.74, 6) is -1.84. The number of ether oxygens (including phenoxy) is 2. The molecule has 0 aliphatic heterocycles. The van der Waals surface area contributed by atoms with Gasteiger partial charge in [-0.2, -0.15) is 25.6 Å². The van der Waals surface area contributed by atoms with Gasteiger partial charge in [0.15, 0.2) is 0 Å². The van der Waals surface area contributed by atoms with Gasteiger partial charge in [0.25, 0.3) is 5.91 Å². The van der Waals surface area contributed by atoms with Crippen LogP contribution in [-0.4, -0.2) is 49.8 Å². The van der Waals surface area contributed by atoms with Gasteiger partial charge in [0.2, 0.25) is 6.29 Å². The van der Waals surface area contributed by atoms with Gasteiger partial charge in [-0.25, -0.2) is 0 Å². The van der Waals surface area contributed by atoms with Crippen LogP contribution in [0.4, 0.5) is 8.78 Å². The summed E-state index contributed by atoms with van der Waals surface area (Å²) in [5.41, 5.74) is -1.09. The second-order valence-electron chi connectivity index (χ2n) is 6.55. The first-order valence-corrected chi connectivity index (χ1v) is 10.3. The smallest absolute Gasteiger partial charge is 0.488 e. The number of hydroxylamine groups is 1. The Bertz CT molecular complexity index is 923. The first kappa shape index (κ1) is 24.2. The van der Waals surface area contributed by atoms with Gasteiger partial charge < -0.3 is 14.7 Å². The van der Waals surface area contributed by atoms with Crippen molar-refractivity contribution in [1.82, 2.24) is 4.47 Å². The van der Waals surface area contributed by atoms with E-state index in [1.165, 1.54) is 7.11 Å². The fraction of sp³-hybridized carbons (Fsp3) is 0.500. The summed E-state index contributed by atoms with van der Waals surface area (Å²) in [6, 6.07) is 4.09. The predicted octanol–water partition coefficient (Wildman–Crippen LogP) is 1.79. The summed E-state index contributed by atoms with van der Waals surface area (Å²) < 4.78 is 82.0. The molecule has 14 heteroatoms. The van der Waals surface area contributed by atoms with Crippen molar-refractivity contribution in [2.75, 3.05) is 7.11 Å². The van der Waals surface area contributed by atoms with E-state index >= 15 is 0 Å². The van der Waals surface area contributed by atoms with Gasteiger partial charge in [0, 0.05) is 18.1 Å². The fourth-order valence-electron chi connectivity index (χ4n) is 1.82. The lowest BCUT2D eigenvalue weighted by Crippen LogP contribution is -2.47. The number of hydrogen-bond donors (Lipinski definition) is 1. The summed E-state index contributed by atoms with van der Waals surface area (Å²) in [4.78, 5) is 11.9. The van der Waals surface area contributed by atoms with E-state index in [-0.39, 0.29) is 5.75 Å².